The molecule has 0 saturated carbocycles. The number of benzene rings is 1. The minimum absolute atomic E-state index is 0.0178. The number of nitrogens with one attached hydrogen (secondary N) is 1. The summed E-state index contributed by atoms with van der Waals surface area (Å²) in [5, 5.41) is 2.23. The van der Waals surface area contributed by atoms with Crippen molar-refractivity contribution in [2.45, 2.75) is 29.6 Å². The van der Waals surface area contributed by atoms with Gasteiger partial charge in [0.15, 0.2) is 6.61 Å². The number of anilines is 1. The minimum Gasteiger partial charge on any atom is -0.456 e. The topological polar surface area (TPSA) is 84.9 Å². The first-order chi connectivity index (χ1) is 12.0. The van der Waals surface area contributed by atoms with Crippen molar-refractivity contribution in [1.29, 1.82) is 0 Å². The lowest BCUT2D eigenvalue weighted by molar-refractivity contribution is -0.155. The van der Waals surface area contributed by atoms with E-state index in [1.807, 2.05) is 31.2 Å². The highest BCUT2D eigenvalue weighted by atomic mass is 32.2. The molecule has 0 aliphatic carbocycles. The van der Waals surface area contributed by atoms with Gasteiger partial charge in [-0.1, -0.05) is 12.1 Å². The van der Waals surface area contributed by atoms with Crippen molar-refractivity contribution in [2.24, 2.45) is 0 Å². The Morgan fingerprint density at radius 1 is 1.40 bits per heavy atom. The van der Waals surface area contributed by atoms with E-state index in [2.05, 4.69) is 5.32 Å². The van der Waals surface area contributed by atoms with Crippen LogP contribution < -0.4 is 5.32 Å². The number of ether oxygens (including phenoxy) is 2. The largest absolute Gasteiger partial charge is 0.456 e. The summed E-state index contributed by atoms with van der Waals surface area (Å²) in [6.07, 6.45) is -0.0896. The summed E-state index contributed by atoms with van der Waals surface area (Å²) in [5.74, 6) is -1.02. The van der Waals surface area contributed by atoms with Crippen molar-refractivity contribution in [2.75, 3.05) is 31.6 Å². The van der Waals surface area contributed by atoms with Gasteiger partial charge in [-0.05, 0) is 19.1 Å². The maximum atomic E-state index is 12.1. The predicted molar refractivity (Wildman–Crippen MR) is 92.3 cm³/mol. The van der Waals surface area contributed by atoms with Gasteiger partial charge >= 0.3 is 5.97 Å². The molecular formula is C17H20N2O5S. The molecule has 134 valence electrons. The number of thioether (sulfide) groups is 1. The molecular weight excluding hydrogens is 344 g/mol. The van der Waals surface area contributed by atoms with Crippen LogP contribution in [0.5, 0.6) is 0 Å². The second-order valence-corrected chi connectivity index (χ2v) is 7.22. The standard InChI is InChI=1S/C17H20N2O5S/c1-11-9-19(6-7-23-11)15(20)10-24-16(21)8-14-17(22)18-12-4-2-3-5-13(12)25-14/h2-5,11,14H,6-10H2,1H3,(H,18,22)/t11-,14+/m0/s1. The molecule has 2 heterocycles. The highest BCUT2D eigenvalue weighted by molar-refractivity contribution is 8.01. The van der Waals surface area contributed by atoms with Gasteiger partial charge in [0.2, 0.25) is 5.91 Å². The molecule has 1 saturated heterocycles. The molecule has 8 heteroatoms. The summed E-state index contributed by atoms with van der Waals surface area (Å²) in [6.45, 7) is 3.06. The van der Waals surface area contributed by atoms with Crippen molar-refractivity contribution in [3.63, 3.8) is 0 Å². The first kappa shape index (κ1) is 17.8. The van der Waals surface area contributed by atoms with E-state index in [1.165, 1.54) is 11.8 Å². The highest BCUT2D eigenvalue weighted by Gasteiger charge is 2.30. The Balaban J connectivity index is 1.48. The van der Waals surface area contributed by atoms with Gasteiger partial charge in [-0.2, -0.15) is 0 Å². The summed E-state index contributed by atoms with van der Waals surface area (Å²) in [7, 11) is 0. The lowest BCUT2D eigenvalue weighted by Gasteiger charge is -2.31. The monoisotopic (exact) mass is 364 g/mol. The summed E-state index contributed by atoms with van der Waals surface area (Å²) >= 11 is 1.33. The lowest BCUT2D eigenvalue weighted by Crippen LogP contribution is -2.46. The first-order valence-corrected chi connectivity index (χ1v) is 9.02. The van der Waals surface area contributed by atoms with Crippen LogP contribution in [-0.2, 0) is 23.9 Å². The van der Waals surface area contributed by atoms with E-state index in [0.717, 1.165) is 10.6 Å². The Labute approximate surface area is 150 Å². The number of nitrogens with zero attached hydrogens (tertiary/aromatic N) is 1. The molecule has 2 amide bonds. The van der Waals surface area contributed by atoms with Gasteiger partial charge in [-0.15, -0.1) is 11.8 Å². The van der Waals surface area contributed by atoms with Crippen LogP contribution in [0.25, 0.3) is 0 Å². The van der Waals surface area contributed by atoms with Crippen LogP contribution in [-0.4, -0.2) is 60.3 Å². The number of morpholine rings is 1. The zero-order chi connectivity index (χ0) is 17.8. The number of esters is 1. The molecule has 2 aliphatic rings. The van der Waals surface area contributed by atoms with Gasteiger partial charge in [0.25, 0.3) is 5.91 Å². The number of carbonyl (C=O) groups excluding carboxylic acids is 3. The van der Waals surface area contributed by atoms with E-state index >= 15 is 0 Å². The van der Waals surface area contributed by atoms with Gasteiger partial charge in [0.1, 0.15) is 0 Å². The normalized spacial score (nSPS) is 22.8. The van der Waals surface area contributed by atoms with Crippen LogP contribution in [0.4, 0.5) is 5.69 Å². The second-order valence-electron chi connectivity index (χ2n) is 5.98. The van der Waals surface area contributed by atoms with Crippen LogP contribution in [0.1, 0.15) is 13.3 Å². The fourth-order valence-corrected chi connectivity index (χ4v) is 3.81. The van der Waals surface area contributed by atoms with Gasteiger partial charge in [-0.25, -0.2) is 0 Å². The fraction of sp³-hybridized carbons (Fsp3) is 0.471. The van der Waals surface area contributed by atoms with Crippen LogP contribution in [0, 0.1) is 0 Å². The van der Waals surface area contributed by atoms with Gasteiger partial charge in [-0.3, -0.25) is 14.4 Å². The highest BCUT2D eigenvalue weighted by Crippen LogP contribution is 2.36. The number of amides is 2. The summed E-state index contributed by atoms with van der Waals surface area (Å²) in [5.41, 5.74) is 0.749. The Kier molecular flexibility index (Phi) is 5.60. The SMILES string of the molecule is C[C@H]1CN(C(=O)COC(=O)C[C@H]2Sc3ccccc3NC2=O)CCO1. The average molecular weight is 364 g/mol. The van der Waals surface area contributed by atoms with E-state index in [1.54, 1.807) is 4.90 Å². The number of hydrogen-bond donors (Lipinski definition) is 1. The number of carbonyl (C=O) groups is 3. The third-order valence-corrected chi connectivity index (χ3v) is 5.28. The summed E-state index contributed by atoms with van der Waals surface area (Å²) < 4.78 is 10.4. The molecule has 1 aromatic rings. The number of hydrogen-bond acceptors (Lipinski definition) is 6. The van der Waals surface area contributed by atoms with Gasteiger partial charge < -0.3 is 19.7 Å². The molecule has 2 aliphatic heterocycles. The maximum Gasteiger partial charge on any atom is 0.307 e. The van der Waals surface area contributed by atoms with Crippen molar-refractivity contribution < 1.29 is 23.9 Å². The Hall–Kier alpha value is -2.06. The summed E-state index contributed by atoms with van der Waals surface area (Å²) in [6, 6.07) is 7.42. The predicted octanol–water partition coefficient (Wildman–Crippen LogP) is 1.28. The molecule has 0 unspecified atom stereocenters. The molecule has 7 nitrogen and oxygen atoms in total. The Morgan fingerprint density at radius 2 is 2.20 bits per heavy atom. The lowest BCUT2D eigenvalue weighted by atomic mass is 10.2. The molecule has 1 N–H and O–H groups in total. The Bertz CT molecular complexity index is 681. The number of fused-ring (bicyclic) bond motifs is 1. The number of rotatable bonds is 4. The van der Waals surface area contributed by atoms with Crippen LogP contribution in [0.3, 0.4) is 0 Å². The van der Waals surface area contributed by atoms with E-state index in [9.17, 15) is 14.4 Å². The molecule has 0 bridgehead atoms. The van der Waals surface area contributed by atoms with Crippen molar-refractivity contribution in [1.82, 2.24) is 4.90 Å². The van der Waals surface area contributed by atoms with Crippen molar-refractivity contribution in [3.05, 3.63) is 24.3 Å². The third-order valence-electron chi connectivity index (χ3n) is 4.01. The zero-order valence-corrected chi connectivity index (χ0v) is 14.7. The quantitative estimate of drug-likeness (QED) is 0.810. The molecule has 1 aromatic carbocycles. The summed E-state index contributed by atoms with van der Waals surface area (Å²) in [4.78, 5) is 38.7. The molecule has 0 aromatic heterocycles. The maximum absolute atomic E-state index is 12.1. The first-order valence-electron chi connectivity index (χ1n) is 8.14. The van der Waals surface area contributed by atoms with Crippen LogP contribution in [0.2, 0.25) is 0 Å². The van der Waals surface area contributed by atoms with E-state index < -0.39 is 11.2 Å². The van der Waals surface area contributed by atoms with Crippen LogP contribution in [0.15, 0.2) is 29.2 Å². The third kappa shape index (κ3) is 4.52. The van der Waals surface area contributed by atoms with Crippen molar-refractivity contribution >= 4 is 35.2 Å². The van der Waals surface area contributed by atoms with Crippen molar-refractivity contribution in [3.8, 4) is 0 Å². The minimum atomic E-state index is -0.555. The van der Waals surface area contributed by atoms with E-state index in [0.29, 0.717) is 19.7 Å². The average Bonchev–Trinajstić information content (AvgIpc) is 2.60. The molecule has 25 heavy (non-hydrogen) atoms. The van der Waals surface area contributed by atoms with E-state index in [4.69, 9.17) is 9.47 Å². The molecule has 0 spiro atoms. The molecule has 1 fully saturated rings. The second kappa shape index (κ2) is 7.88. The molecule has 3 rings (SSSR count). The van der Waals surface area contributed by atoms with Gasteiger partial charge in [0.05, 0.1) is 30.1 Å². The molecule has 0 radical (unpaired) electrons. The smallest absolute Gasteiger partial charge is 0.307 e. The van der Waals surface area contributed by atoms with Crippen LogP contribution >= 0.6 is 11.8 Å². The van der Waals surface area contributed by atoms with Gasteiger partial charge in [0, 0.05) is 18.0 Å². The fourth-order valence-electron chi connectivity index (χ4n) is 2.72. The number of para-hydroxylation sites is 1. The molecule has 2 atom stereocenters. The Morgan fingerprint density at radius 3 is 3.00 bits per heavy atom. The van der Waals surface area contributed by atoms with E-state index in [-0.39, 0.29) is 30.9 Å². The zero-order valence-electron chi connectivity index (χ0n) is 13.9.